The third-order valence-electron chi connectivity index (χ3n) is 2.73. The quantitative estimate of drug-likeness (QED) is 0.930. The molecule has 5 heteroatoms. The Kier molecular flexibility index (Phi) is 4.14. The summed E-state index contributed by atoms with van der Waals surface area (Å²) in [6.07, 6.45) is 0.940. The van der Waals surface area contributed by atoms with E-state index in [1.165, 1.54) is 11.3 Å². The number of aromatic nitrogens is 1. The van der Waals surface area contributed by atoms with Crippen molar-refractivity contribution in [3.05, 3.63) is 38.0 Å². The van der Waals surface area contributed by atoms with Gasteiger partial charge in [-0.25, -0.2) is 4.98 Å². The molecule has 0 aliphatic heterocycles. The molecule has 0 radical (unpaired) electrons. The molecule has 2 aromatic heterocycles. The van der Waals surface area contributed by atoms with Gasteiger partial charge in [-0.2, -0.15) is 0 Å². The van der Waals surface area contributed by atoms with Crippen LogP contribution < -0.4 is 5.32 Å². The molecule has 2 heterocycles. The summed E-state index contributed by atoms with van der Waals surface area (Å²) in [5.41, 5.74) is 1.97. The fourth-order valence-electron chi connectivity index (χ4n) is 1.63. The van der Waals surface area contributed by atoms with Crippen LogP contribution in [0, 0.1) is 6.92 Å². The fraction of sp³-hybridized carbons (Fsp3) is 0.385. The standard InChI is InChI=1S/C13H16N2OS2/c1-4-11-15-10(7-18-11)9(3)14-13(16)12-8(2)5-6-17-12/h5-7,9H,4H2,1-3H3,(H,14,16). The van der Waals surface area contributed by atoms with Crippen LogP contribution >= 0.6 is 22.7 Å². The predicted octanol–water partition coefficient (Wildman–Crippen LogP) is 3.57. The molecule has 0 saturated heterocycles. The van der Waals surface area contributed by atoms with Crippen molar-refractivity contribution < 1.29 is 4.79 Å². The van der Waals surface area contributed by atoms with Crippen molar-refractivity contribution in [1.82, 2.24) is 10.3 Å². The highest BCUT2D eigenvalue weighted by Crippen LogP contribution is 2.20. The third kappa shape index (κ3) is 2.79. The number of nitrogens with zero attached hydrogens (tertiary/aromatic N) is 1. The van der Waals surface area contributed by atoms with Gasteiger partial charge in [0, 0.05) is 5.38 Å². The number of carbonyl (C=O) groups is 1. The molecule has 96 valence electrons. The number of thiophene rings is 1. The maximum absolute atomic E-state index is 12.1. The molecule has 0 spiro atoms. The van der Waals surface area contributed by atoms with Crippen molar-refractivity contribution in [3.8, 4) is 0 Å². The largest absolute Gasteiger partial charge is 0.343 e. The maximum Gasteiger partial charge on any atom is 0.262 e. The van der Waals surface area contributed by atoms with E-state index in [4.69, 9.17) is 0 Å². The number of carbonyl (C=O) groups excluding carboxylic acids is 1. The minimum absolute atomic E-state index is 0.0129. The zero-order valence-corrected chi connectivity index (χ0v) is 12.3. The van der Waals surface area contributed by atoms with E-state index in [1.54, 1.807) is 11.3 Å². The first-order chi connectivity index (χ1) is 8.61. The van der Waals surface area contributed by atoms with Gasteiger partial charge >= 0.3 is 0 Å². The fourth-order valence-corrected chi connectivity index (χ4v) is 3.29. The van der Waals surface area contributed by atoms with Gasteiger partial charge in [0.05, 0.1) is 21.6 Å². The van der Waals surface area contributed by atoms with Crippen LogP contribution in [-0.4, -0.2) is 10.9 Å². The number of hydrogen-bond donors (Lipinski definition) is 1. The number of nitrogens with one attached hydrogen (secondary N) is 1. The van der Waals surface area contributed by atoms with Crippen molar-refractivity contribution in [2.24, 2.45) is 0 Å². The molecule has 1 amide bonds. The molecular formula is C13H16N2OS2. The van der Waals surface area contributed by atoms with Crippen LogP contribution in [0.25, 0.3) is 0 Å². The molecule has 0 aliphatic carbocycles. The Labute approximate surface area is 115 Å². The van der Waals surface area contributed by atoms with Gasteiger partial charge in [0.15, 0.2) is 0 Å². The van der Waals surface area contributed by atoms with E-state index < -0.39 is 0 Å². The van der Waals surface area contributed by atoms with Crippen molar-refractivity contribution in [1.29, 1.82) is 0 Å². The van der Waals surface area contributed by atoms with Gasteiger partial charge in [-0.1, -0.05) is 6.92 Å². The van der Waals surface area contributed by atoms with Crippen molar-refractivity contribution in [2.75, 3.05) is 0 Å². The van der Waals surface area contributed by atoms with Crippen molar-refractivity contribution >= 4 is 28.6 Å². The SMILES string of the molecule is CCc1nc(C(C)NC(=O)c2sccc2C)cs1. The van der Waals surface area contributed by atoms with E-state index >= 15 is 0 Å². The monoisotopic (exact) mass is 280 g/mol. The summed E-state index contributed by atoms with van der Waals surface area (Å²) in [5, 5.41) is 8.06. The van der Waals surface area contributed by atoms with E-state index in [0.717, 1.165) is 27.6 Å². The van der Waals surface area contributed by atoms with Crippen LogP contribution in [0.2, 0.25) is 0 Å². The van der Waals surface area contributed by atoms with Crippen molar-refractivity contribution in [3.63, 3.8) is 0 Å². The molecule has 1 unspecified atom stereocenters. The predicted molar refractivity (Wildman–Crippen MR) is 76.4 cm³/mol. The Hall–Kier alpha value is -1.20. The number of rotatable bonds is 4. The number of hydrogen-bond acceptors (Lipinski definition) is 4. The highest BCUT2D eigenvalue weighted by Gasteiger charge is 2.16. The van der Waals surface area contributed by atoms with E-state index in [0.29, 0.717) is 0 Å². The first kappa shape index (κ1) is 13.2. The Morgan fingerprint density at radius 1 is 1.50 bits per heavy atom. The van der Waals surface area contributed by atoms with Crippen molar-refractivity contribution in [2.45, 2.75) is 33.2 Å². The molecule has 0 aliphatic rings. The lowest BCUT2D eigenvalue weighted by atomic mass is 10.2. The molecule has 1 N–H and O–H groups in total. The first-order valence-corrected chi connectivity index (χ1v) is 7.67. The summed E-state index contributed by atoms with van der Waals surface area (Å²) >= 11 is 3.12. The molecule has 0 aromatic carbocycles. The summed E-state index contributed by atoms with van der Waals surface area (Å²) < 4.78 is 0. The van der Waals surface area contributed by atoms with Gasteiger partial charge in [-0.15, -0.1) is 22.7 Å². The lowest BCUT2D eigenvalue weighted by Gasteiger charge is -2.11. The second kappa shape index (κ2) is 5.63. The molecule has 2 rings (SSSR count). The second-order valence-electron chi connectivity index (χ2n) is 4.15. The van der Waals surface area contributed by atoms with Gasteiger partial charge in [-0.3, -0.25) is 4.79 Å². The molecule has 18 heavy (non-hydrogen) atoms. The molecule has 2 aromatic rings. The Balaban J connectivity index is 2.05. The summed E-state index contributed by atoms with van der Waals surface area (Å²) in [4.78, 5) is 17.3. The maximum atomic E-state index is 12.1. The number of amides is 1. The Bertz CT molecular complexity index is 545. The van der Waals surface area contributed by atoms with Gasteiger partial charge in [-0.05, 0) is 37.3 Å². The molecule has 3 nitrogen and oxygen atoms in total. The Morgan fingerprint density at radius 2 is 2.28 bits per heavy atom. The summed E-state index contributed by atoms with van der Waals surface area (Å²) in [5.74, 6) is -0.0129. The van der Waals surface area contributed by atoms with Gasteiger partial charge in [0.2, 0.25) is 0 Å². The normalized spacial score (nSPS) is 12.4. The highest BCUT2D eigenvalue weighted by molar-refractivity contribution is 7.12. The van der Waals surface area contributed by atoms with Crippen LogP contribution in [-0.2, 0) is 6.42 Å². The lowest BCUT2D eigenvalue weighted by Crippen LogP contribution is -2.26. The van der Waals surface area contributed by atoms with E-state index in [9.17, 15) is 4.79 Å². The molecule has 0 fully saturated rings. The van der Waals surface area contributed by atoms with Gasteiger partial charge in [0.25, 0.3) is 5.91 Å². The van der Waals surface area contributed by atoms with Crippen LogP contribution in [0.5, 0.6) is 0 Å². The zero-order chi connectivity index (χ0) is 13.1. The lowest BCUT2D eigenvalue weighted by molar-refractivity contribution is 0.0943. The highest BCUT2D eigenvalue weighted by atomic mass is 32.1. The summed E-state index contributed by atoms with van der Waals surface area (Å²) in [6.45, 7) is 6.00. The molecule has 0 bridgehead atoms. The first-order valence-electron chi connectivity index (χ1n) is 5.91. The van der Waals surface area contributed by atoms with E-state index in [2.05, 4.69) is 17.2 Å². The van der Waals surface area contributed by atoms with Crippen LogP contribution in [0.15, 0.2) is 16.8 Å². The summed E-state index contributed by atoms with van der Waals surface area (Å²) in [7, 11) is 0. The average molecular weight is 280 g/mol. The molecule has 1 atom stereocenters. The van der Waals surface area contributed by atoms with Crippen LogP contribution in [0.1, 0.15) is 45.8 Å². The van der Waals surface area contributed by atoms with E-state index in [1.807, 2.05) is 30.7 Å². The van der Waals surface area contributed by atoms with E-state index in [-0.39, 0.29) is 11.9 Å². The minimum Gasteiger partial charge on any atom is -0.343 e. The van der Waals surface area contributed by atoms with Gasteiger partial charge in [0.1, 0.15) is 0 Å². The number of thiazole rings is 1. The molecular weight excluding hydrogens is 264 g/mol. The summed E-state index contributed by atoms with van der Waals surface area (Å²) in [6, 6.07) is 1.91. The molecule has 0 saturated carbocycles. The zero-order valence-electron chi connectivity index (χ0n) is 10.7. The van der Waals surface area contributed by atoms with Gasteiger partial charge < -0.3 is 5.32 Å². The third-order valence-corrected chi connectivity index (χ3v) is 4.76. The minimum atomic E-state index is -0.0458. The smallest absolute Gasteiger partial charge is 0.262 e. The topological polar surface area (TPSA) is 42.0 Å². The van der Waals surface area contributed by atoms with Crippen LogP contribution in [0.3, 0.4) is 0 Å². The average Bonchev–Trinajstić information content (AvgIpc) is 2.96. The second-order valence-corrected chi connectivity index (χ2v) is 6.01. The van der Waals surface area contributed by atoms with Crippen LogP contribution in [0.4, 0.5) is 0 Å². The Morgan fingerprint density at radius 3 is 2.83 bits per heavy atom. The number of aryl methyl sites for hydroxylation is 2.